The van der Waals surface area contributed by atoms with Crippen LogP contribution in [-0.4, -0.2) is 75.7 Å². The first-order valence-electron chi connectivity index (χ1n) is 13.7. The second-order valence-corrected chi connectivity index (χ2v) is 10.8. The number of piperidine rings is 1. The van der Waals surface area contributed by atoms with Crippen LogP contribution in [0.25, 0.3) is 0 Å². The zero-order chi connectivity index (χ0) is 28.0. The van der Waals surface area contributed by atoms with E-state index in [9.17, 15) is 18.0 Å². The second-order valence-electron chi connectivity index (χ2n) is 10.8. The normalized spacial score (nSPS) is 21.7. The largest absolute Gasteiger partial charge is 0.339 e. The fraction of sp³-hybridized carbons (Fsp3) is 0.519. The van der Waals surface area contributed by atoms with Gasteiger partial charge in [0, 0.05) is 75.1 Å². The average Bonchev–Trinajstić information content (AvgIpc) is 3.56. The summed E-state index contributed by atoms with van der Waals surface area (Å²) in [6, 6.07) is 1.48. The van der Waals surface area contributed by atoms with Crippen LogP contribution in [0.1, 0.15) is 66.2 Å². The zero-order valence-electron chi connectivity index (χ0n) is 22.1. The molecule has 10 nitrogen and oxygen atoms in total. The number of anilines is 2. The Morgan fingerprint density at radius 2 is 1.73 bits per heavy atom. The lowest BCUT2D eigenvalue weighted by atomic mass is 9.94. The van der Waals surface area contributed by atoms with E-state index in [0.29, 0.717) is 55.7 Å². The van der Waals surface area contributed by atoms with Crippen LogP contribution in [0.4, 0.5) is 25.1 Å². The maximum Gasteiger partial charge on any atom is 0.324 e. The third-order valence-electron chi connectivity index (χ3n) is 8.12. The molecule has 3 aromatic rings. The molecule has 2 N–H and O–H groups in total. The van der Waals surface area contributed by atoms with Crippen molar-refractivity contribution in [3.63, 3.8) is 0 Å². The van der Waals surface area contributed by atoms with E-state index in [0.717, 1.165) is 37.6 Å². The third kappa shape index (κ3) is 5.09. The van der Waals surface area contributed by atoms with Crippen molar-refractivity contribution < 1.29 is 22.5 Å². The predicted octanol–water partition coefficient (Wildman–Crippen LogP) is 3.22. The van der Waals surface area contributed by atoms with E-state index >= 15 is 0 Å². The Labute approximate surface area is 229 Å². The number of nitrogens with two attached hydrogens (primary N) is 1. The molecule has 2 aliphatic heterocycles. The van der Waals surface area contributed by atoms with E-state index in [2.05, 4.69) is 25.0 Å². The first-order chi connectivity index (χ1) is 19.3. The van der Waals surface area contributed by atoms with Gasteiger partial charge in [-0.15, -0.1) is 0 Å². The number of nitrogens with zero attached hydrogens (tertiary/aromatic N) is 7. The summed E-state index contributed by atoms with van der Waals surface area (Å²) in [6.45, 7) is 4.45. The van der Waals surface area contributed by atoms with Gasteiger partial charge >= 0.3 is 6.01 Å². The number of aromatic nitrogens is 4. The SMILES string of the molecule is CCN(C(=O)c1cnc(N2C[C@H](c3cc(F)c(F)cc3F)[C@@H](N)C2)nc1)C1CCN(c2nc(C3CC3)no2)CC1. The van der Waals surface area contributed by atoms with Gasteiger partial charge in [-0.05, 0) is 44.2 Å². The molecule has 4 heterocycles. The third-order valence-corrected chi connectivity index (χ3v) is 8.12. The second kappa shape index (κ2) is 10.7. The van der Waals surface area contributed by atoms with Gasteiger partial charge in [-0.25, -0.2) is 23.1 Å². The van der Waals surface area contributed by atoms with E-state index in [-0.39, 0.29) is 24.1 Å². The van der Waals surface area contributed by atoms with Crippen molar-refractivity contribution >= 4 is 17.9 Å². The molecule has 3 aliphatic rings. The number of rotatable bonds is 7. The van der Waals surface area contributed by atoms with Crippen molar-refractivity contribution in [3.8, 4) is 0 Å². The molecule has 0 radical (unpaired) electrons. The average molecular weight is 557 g/mol. The molecule has 13 heteroatoms. The molecule has 6 rings (SSSR count). The summed E-state index contributed by atoms with van der Waals surface area (Å²) >= 11 is 0. The Morgan fingerprint density at radius 3 is 2.40 bits per heavy atom. The number of hydrogen-bond donors (Lipinski definition) is 1. The summed E-state index contributed by atoms with van der Waals surface area (Å²) in [5, 5.41) is 4.10. The molecule has 1 amide bonds. The lowest BCUT2D eigenvalue weighted by Gasteiger charge is -2.37. The van der Waals surface area contributed by atoms with Crippen LogP contribution in [0.15, 0.2) is 29.0 Å². The fourth-order valence-electron chi connectivity index (χ4n) is 5.70. The van der Waals surface area contributed by atoms with E-state index in [4.69, 9.17) is 10.3 Å². The van der Waals surface area contributed by atoms with E-state index in [1.165, 1.54) is 12.4 Å². The summed E-state index contributed by atoms with van der Waals surface area (Å²) < 4.78 is 47.0. The van der Waals surface area contributed by atoms with Gasteiger partial charge in [0.15, 0.2) is 17.5 Å². The molecule has 0 bridgehead atoms. The van der Waals surface area contributed by atoms with Gasteiger partial charge in [-0.3, -0.25) is 4.79 Å². The molecular formula is C27H31F3N8O2. The van der Waals surface area contributed by atoms with Gasteiger partial charge in [0.2, 0.25) is 5.95 Å². The Hall–Kier alpha value is -3.74. The summed E-state index contributed by atoms with van der Waals surface area (Å²) in [6.07, 6.45) is 6.74. The molecule has 1 aliphatic carbocycles. The number of halogens is 3. The maximum absolute atomic E-state index is 14.4. The molecule has 2 aromatic heterocycles. The molecule has 0 spiro atoms. The summed E-state index contributed by atoms with van der Waals surface area (Å²) in [5.74, 6) is -2.36. The Morgan fingerprint density at radius 1 is 1.02 bits per heavy atom. The predicted molar refractivity (Wildman–Crippen MR) is 139 cm³/mol. The van der Waals surface area contributed by atoms with Crippen LogP contribution < -0.4 is 15.5 Å². The van der Waals surface area contributed by atoms with E-state index < -0.39 is 29.4 Å². The van der Waals surface area contributed by atoms with Crippen molar-refractivity contribution in [2.24, 2.45) is 5.73 Å². The molecule has 2 saturated heterocycles. The van der Waals surface area contributed by atoms with Gasteiger partial charge in [0.25, 0.3) is 5.91 Å². The van der Waals surface area contributed by atoms with Gasteiger partial charge in [0.05, 0.1) is 5.56 Å². The Bertz CT molecular complexity index is 1370. The quantitative estimate of drug-likeness (QED) is 0.438. The van der Waals surface area contributed by atoms with Crippen LogP contribution in [0.2, 0.25) is 0 Å². The van der Waals surface area contributed by atoms with E-state index in [1.54, 1.807) is 4.90 Å². The zero-order valence-corrected chi connectivity index (χ0v) is 22.1. The van der Waals surface area contributed by atoms with E-state index in [1.807, 2.05) is 11.8 Å². The van der Waals surface area contributed by atoms with Crippen molar-refractivity contribution in [3.05, 3.63) is 58.9 Å². The molecule has 1 saturated carbocycles. The standard InChI is InChI=1S/C27H31F3N8O2/c1-2-38(17-5-7-36(8-6-17)27-34-24(35-40-27)15-3-4-15)25(39)16-11-32-26(33-12-16)37-13-19(23(31)14-37)18-9-21(29)22(30)10-20(18)28/h9-12,15,17,19,23H,2-8,13-14,31H2,1H3/t19-,23+/m1/s1. The van der Waals surface area contributed by atoms with Gasteiger partial charge < -0.3 is 25.0 Å². The highest BCUT2D eigenvalue weighted by Crippen LogP contribution is 2.39. The smallest absolute Gasteiger partial charge is 0.324 e. The molecule has 3 fully saturated rings. The van der Waals surface area contributed by atoms with Crippen LogP contribution in [0, 0.1) is 17.5 Å². The van der Waals surface area contributed by atoms with Gasteiger partial charge in [-0.2, -0.15) is 4.98 Å². The minimum absolute atomic E-state index is 0.0211. The van der Waals surface area contributed by atoms with Crippen LogP contribution in [-0.2, 0) is 0 Å². The fourth-order valence-corrected chi connectivity index (χ4v) is 5.70. The summed E-state index contributed by atoms with van der Waals surface area (Å²) in [5.41, 5.74) is 6.61. The monoisotopic (exact) mass is 556 g/mol. The molecule has 1 aromatic carbocycles. The minimum atomic E-state index is -1.24. The first-order valence-corrected chi connectivity index (χ1v) is 13.7. The summed E-state index contributed by atoms with van der Waals surface area (Å²) in [7, 11) is 0. The maximum atomic E-state index is 14.4. The molecule has 0 unspecified atom stereocenters. The van der Waals surface area contributed by atoms with Crippen molar-refractivity contribution in [1.82, 2.24) is 25.0 Å². The highest BCUT2D eigenvalue weighted by atomic mass is 19.2. The lowest BCUT2D eigenvalue weighted by Crippen LogP contribution is -2.47. The Balaban J connectivity index is 1.08. The minimum Gasteiger partial charge on any atom is -0.339 e. The van der Waals surface area contributed by atoms with Crippen molar-refractivity contribution in [1.29, 1.82) is 0 Å². The van der Waals surface area contributed by atoms with Crippen LogP contribution >= 0.6 is 0 Å². The van der Waals surface area contributed by atoms with Crippen LogP contribution in [0.5, 0.6) is 0 Å². The van der Waals surface area contributed by atoms with Gasteiger partial charge in [0.1, 0.15) is 5.82 Å². The number of amides is 1. The number of benzene rings is 1. The number of carbonyl (C=O) groups excluding carboxylic acids is 1. The molecule has 212 valence electrons. The summed E-state index contributed by atoms with van der Waals surface area (Å²) in [4.78, 5) is 32.3. The molecular weight excluding hydrogens is 525 g/mol. The highest BCUT2D eigenvalue weighted by Gasteiger charge is 2.36. The first kappa shape index (κ1) is 26.5. The topological polar surface area (TPSA) is 118 Å². The highest BCUT2D eigenvalue weighted by molar-refractivity contribution is 5.94. The number of hydrogen-bond acceptors (Lipinski definition) is 9. The van der Waals surface area contributed by atoms with Crippen LogP contribution in [0.3, 0.4) is 0 Å². The van der Waals surface area contributed by atoms with Crippen molar-refractivity contribution in [2.75, 3.05) is 42.5 Å². The molecule has 40 heavy (non-hydrogen) atoms. The molecule has 2 atom stereocenters. The Kier molecular flexibility index (Phi) is 7.07. The van der Waals surface area contributed by atoms with Gasteiger partial charge in [-0.1, -0.05) is 5.16 Å². The number of carbonyl (C=O) groups is 1. The lowest BCUT2D eigenvalue weighted by molar-refractivity contribution is 0.0661. The van der Waals surface area contributed by atoms with Crippen molar-refractivity contribution in [2.45, 2.75) is 56.5 Å².